The minimum atomic E-state index is -4.70. The number of phosphoric acid groups is 1. The second-order valence-electron chi connectivity index (χ2n) is 16.0. The molecule has 1 unspecified atom stereocenters. The minimum Gasteiger partial charge on any atom is -0.462 e. The van der Waals surface area contributed by atoms with Crippen LogP contribution in [0.1, 0.15) is 149 Å². The van der Waals surface area contributed by atoms with E-state index in [1.165, 1.54) is 19.3 Å². The number of phosphoric ester groups is 1. The van der Waals surface area contributed by atoms with E-state index in [-0.39, 0.29) is 31.1 Å². The summed E-state index contributed by atoms with van der Waals surface area (Å²) in [6.07, 6.45) is 36.7. The van der Waals surface area contributed by atoms with Crippen LogP contribution in [0.5, 0.6) is 0 Å². The van der Waals surface area contributed by atoms with Crippen LogP contribution >= 0.6 is 7.82 Å². The summed E-state index contributed by atoms with van der Waals surface area (Å²) in [5, 5.41) is 49.7. The largest absolute Gasteiger partial charge is 0.472 e. The molecule has 0 spiro atoms. The van der Waals surface area contributed by atoms with Crippen LogP contribution in [0, 0.1) is 11.8 Å². The fourth-order valence-electron chi connectivity index (χ4n) is 6.73. The van der Waals surface area contributed by atoms with Crippen molar-refractivity contribution in [2.45, 2.75) is 179 Å². The van der Waals surface area contributed by atoms with Gasteiger partial charge in [0.25, 0.3) is 0 Å². The summed E-state index contributed by atoms with van der Waals surface area (Å²) in [6, 6.07) is 0. The van der Waals surface area contributed by atoms with E-state index in [0.29, 0.717) is 32.1 Å². The maximum Gasteiger partial charge on any atom is 0.472 e. The van der Waals surface area contributed by atoms with Gasteiger partial charge in [-0.15, -0.1) is 0 Å². The molecule has 0 bridgehead atoms. The predicted octanol–water partition coefficient (Wildman–Crippen LogP) is 8.83. The molecule has 1 aliphatic carbocycles. The highest BCUT2D eigenvalue weighted by molar-refractivity contribution is 7.47. The number of unbranched alkanes of at least 4 members (excludes halogenated alkanes) is 9. The Hall–Kier alpha value is -2.71. The van der Waals surface area contributed by atoms with E-state index in [2.05, 4.69) is 67.0 Å². The molecule has 62 heavy (non-hydrogen) atoms. The van der Waals surface area contributed by atoms with E-state index in [9.17, 15) is 39.5 Å². The molecule has 14 heteroatoms. The highest BCUT2D eigenvalue weighted by Crippen LogP contribution is 2.43. The number of esters is 2. The van der Waals surface area contributed by atoms with Crippen LogP contribution in [0.3, 0.4) is 0 Å². The van der Waals surface area contributed by atoms with Crippen LogP contribution in [0.2, 0.25) is 0 Å². The Morgan fingerprint density at radius 3 is 1.89 bits per heavy atom. The zero-order valence-corrected chi connectivity index (χ0v) is 38.5. The van der Waals surface area contributed by atoms with Crippen LogP contribution in [-0.4, -0.2) is 99.3 Å². The van der Waals surface area contributed by atoms with E-state index in [1.807, 2.05) is 18.2 Å². The molecule has 0 aromatic carbocycles. The standard InChI is InChI=1S/C48H81O13P/c1-3-5-7-8-9-10-11-12-13-14-15-16-17-18-19-20-21-22-27-31-47(54)58-38-42(39-60-62(56,57)59-37-41(51)36-49)61-48(55)32-28-24-23-26-30-43-44(46(53)35-45(43)52)34-33-40(50)29-25-6-4-2/h9-10,12-13,15-16,18-19,23,26,33-34,40-46,49-53H,3-8,11,14,17,20-22,24-25,27-32,35-39H2,1-2H3,(H,56,57)/b10-9-,13-12-,16-15-,19-18-,26-23+,34-33+/t40-,41-,42+,43+,44+,45-,46+/m0/s1. The van der Waals surface area contributed by atoms with E-state index >= 15 is 0 Å². The second kappa shape index (κ2) is 37.6. The van der Waals surface area contributed by atoms with Crippen LogP contribution in [0.4, 0.5) is 0 Å². The van der Waals surface area contributed by atoms with Gasteiger partial charge in [0.1, 0.15) is 12.7 Å². The van der Waals surface area contributed by atoms with E-state index < -0.39 is 76.7 Å². The number of aliphatic hydroxyl groups is 5. The quantitative estimate of drug-likeness (QED) is 0.0148. The van der Waals surface area contributed by atoms with E-state index in [1.54, 1.807) is 6.08 Å². The Kier molecular flexibility index (Phi) is 34.8. The van der Waals surface area contributed by atoms with Crippen LogP contribution in [-0.2, 0) is 32.7 Å². The summed E-state index contributed by atoms with van der Waals surface area (Å²) in [4.78, 5) is 35.2. The number of allylic oxidation sites excluding steroid dienone is 10. The number of rotatable bonds is 38. The van der Waals surface area contributed by atoms with Gasteiger partial charge in [0.15, 0.2) is 6.10 Å². The molecule has 8 atom stereocenters. The van der Waals surface area contributed by atoms with Crippen molar-refractivity contribution in [2.75, 3.05) is 26.4 Å². The number of ether oxygens (including phenoxy) is 2. The topological polar surface area (TPSA) is 210 Å². The summed E-state index contributed by atoms with van der Waals surface area (Å²) >= 11 is 0. The molecule has 1 aliphatic rings. The second-order valence-corrected chi connectivity index (χ2v) is 17.5. The molecular formula is C48H81O13P. The van der Waals surface area contributed by atoms with Crippen molar-refractivity contribution in [1.82, 2.24) is 0 Å². The maximum absolute atomic E-state index is 12.7. The van der Waals surface area contributed by atoms with Crippen LogP contribution in [0.25, 0.3) is 0 Å². The van der Waals surface area contributed by atoms with Crippen molar-refractivity contribution in [3.63, 3.8) is 0 Å². The number of hydrogen-bond acceptors (Lipinski definition) is 12. The summed E-state index contributed by atoms with van der Waals surface area (Å²) in [5.41, 5.74) is 0. The molecule has 13 nitrogen and oxygen atoms in total. The summed E-state index contributed by atoms with van der Waals surface area (Å²) in [7, 11) is -4.70. The first-order chi connectivity index (χ1) is 29.9. The first-order valence-electron chi connectivity index (χ1n) is 23.2. The van der Waals surface area contributed by atoms with Crippen LogP contribution < -0.4 is 0 Å². The third kappa shape index (κ3) is 31.2. The predicted molar refractivity (Wildman–Crippen MR) is 244 cm³/mol. The van der Waals surface area contributed by atoms with E-state index in [4.69, 9.17) is 19.1 Å². The molecule has 0 aromatic heterocycles. The molecule has 6 N–H and O–H groups in total. The van der Waals surface area contributed by atoms with Crippen molar-refractivity contribution in [2.24, 2.45) is 11.8 Å². The van der Waals surface area contributed by atoms with Gasteiger partial charge in [0.05, 0.1) is 38.1 Å². The van der Waals surface area contributed by atoms with Gasteiger partial charge in [0, 0.05) is 25.2 Å². The lowest BCUT2D eigenvalue weighted by Gasteiger charge is -2.20. The summed E-state index contributed by atoms with van der Waals surface area (Å²) in [6.45, 7) is 1.92. The fraction of sp³-hybridized carbons (Fsp3) is 0.708. The molecular weight excluding hydrogens is 815 g/mol. The molecule has 356 valence electrons. The van der Waals surface area contributed by atoms with Gasteiger partial charge in [-0.1, -0.05) is 125 Å². The van der Waals surface area contributed by atoms with Gasteiger partial charge in [-0.25, -0.2) is 4.57 Å². The SMILES string of the molecule is CCCCC/C=C\C/C=C\C/C=C\C/C=C\CCCCCC(=O)OC[C@H](COP(=O)(O)OC[C@@H](O)CO)OC(=O)CCC/C=C/C[C@@H]1[C@@H](/C=C/[C@@H](O)CCCCC)[C@H](O)C[C@@H]1O. The zero-order valence-electron chi connectivity index (χ0n) is 37.6. The molecule has 0 radical (unpaired) electrons. The smallest absolute Gasteiger partial charge is 0.462 e. The lowest BCUT2D eigenvalue weighted by Crippen LogP contribution is -2.29. The lowest BCUT2D eigenvalue weighted by atomic mass is 9.89. The molecule has 0 aliphatic heterocycles. The first kappa shape index (κ1) is 57.3. The monoisotopic (exact) mass is 897 g/mol. The van der Waals surface area contributed by atoms with Gasteiger partial charge in [-0.05, 0) is 83.0 Å². The lowest BCUT2D eigenvalue weighted by molar-refractivity contribution is -0.161. The van der Waals surface area contributed by atoms with Crippen molar-refractivity contribution < 1.29 is 63.1 Å². The first-order valence-corrected chi connectivity index (χ1v) is 24.6. The molecule has 0 saturated heterocycles. The van der Waals surface area contributed by atoms with Crippen molar-refractivity contribution in [3.8, 4) is 0 Å². The summed E-state index contributed by atoms with van der Waals surface area (Å²) in [5.74, 6) is -1.63. The molecule has 0 amide bonds. The highest BCUT2D eigenvalue weighted by Gasteiger charge is 2.39. The molecule has 1 fully saturated rings. The van der Waals surface area contributed by atoms with Crippen molar-refractivity contribution in [3.05, 3.63) is 72.9 Å². The van der Waals surface area contributed by atoms with Gasteiger partial charge in [0.2, 0.25) is 0 Å². The average Bonchev–Trinajstić information content (AvgIpc) is 3.52. The maximum atomic E-state index is 12.7. The Balaban J connectivity index is 2.48. The van der Waals surface area contributed by atoms with Gasteiger partial charge in [-0.2, -0.15) is 0 Å². The fourth-order valence-corrected chi connectivity index (χ4v) is 7.52. The Bertz CT molecular complexity index is 1380. The molecule has 1 rings (SSSR count). The average molecular weight is 897 g/mol. The Morgan fingerprint density at radius 2 is 1.24 bits per heavy atom. The minimum absolute atomic E-state index is 0.00372. The van der Waals surface area contributed by atoms with E-state index in [0.717, 1.165) is 64.2 Å². The van der Waals surface area contributed by atoms with Gasteiger partial charge < -0.3 is 39.9 Å². The Morgan fingerprint density at radius 1 is 0.677 bits per heavy atom. The normalized spacial score (nSPS) is 21.0. The van der Waals surface area contributed by atoms with Crippen molar-refractivity contribution >= 4 is 19.8 Å². The summed E-state index contributed by atoms with van der Waals surface area (Å²) < 4.78 is 32.7. The third-order valence-corrected chi connectivity index (χ3v) is 11.4. The van der Waals surface area contributed by atoms with Crippen LogP contribution in [0.15, 0.2) is 72.9 Å². The van der Waals surface area contributed by atoms with Crippen molar-refractivity contribution in [1.29, 1.82) is 0 Å². The number of carbonyl (C=O) groups is 2. The Labute approximate surface area is 372 Å². The number of carbonyl (C=O) groups excluding carboxylic acids is 2. The number of hydrogen-bond donors (Lipinski definition) is 6. The molecule has 1 saturated carbocycles. The van der Waals surface area contributed by atoms with Gasteiger partial charge >= 0.3 is 19.8 Å². The molecule has 0 heterocycles. The third-order valence-electron chi connectivity index (χ3n) is 10.4. The zero-order chi connectivity index (χ0) is 45.7. The highest BCUT2D eigenvalue weighted by atomic mass is 31.2. The molecule has 0 aromatic rings. The number of aliphatic hydroxyl groups excluding tert-OH is 5. The van der Waals surface area contributed by atoms with Gasteiger partial charge in [-0.3, -0.25) is 18.6 Å².